The monoisotopic (exact) mass is 423 g/mol. The number of ether oxygens (including phenoxy) is 2. The second kappa shape index (κ2) is 8.10. The number of nitrogens with one attached hydrogen (secondary N) is 1. The number of esters is 1. The number of hydrogen-bond acceptors (Lipinski definition) is 7. The summed E-state index contributed by atoms with van der Waals surface area (Å²) in [6.07, 6.45) is -1.32. The molecule has 0 bridgehead atoms. The van der Waals surface area contributed by atoms with Crippen LogP contribution in [0.3, 0.4) is 0 Å². The quantitative estimate of drug-likeness (QED) is 0.479. The van der Waals surface area contributed by atoms with Crippen LogP contribution in [0.4, 0.5) is 5.69 Å². The molecule has 3 heterocycles. The van der Waals surface area contributed by atoms with Crippen LogP contribution in [0.2, 0.25) is 0 Å². The van der Waals surface area contributed by atoms with E-state index in [2.05, 4.69) is 10.5 Å². The maximum atomic E-state index is 12.6. The van der Waals surface area contributed by atoms with E-state index < -0.39 is 24.6 Å². The lowest BCUT2D eigenvalue weighted by Crippen LogP contribution is -2.39. The molecule has 2 aromatic heterocycles. The lowest BCUT2D eigenvalue weighted by atomic mass is 10.1. The number of benzene rings is 1. The Morgan fingerprint density at radius 2 is 1.97 bits per heavy atom. The van der Waals surface area contributed by atoms with E-state index in [0.29, 0.717) is 34.3 Å². The van der Waals surface area contributed by atoms with E-state index in [1.807, 2.05) is 6.92 Å². The molecule has 31 heavy (non-hydrogen) atoms. The molecule has 0 saturated carbocycles. The van der Waals surface area contributed by atoms with Gasteiger partial charge >= 0.3 is 5.97 Å². The molecule has 0 aliphatic carbocycles. The van der Waals surface area contributed by atoms with Gasteiger partial charge in [0.1, 0.15) is 11.5 Å². The van der Waals surface area contributed by atoms with Crippen molar-refractivity contribution in [2.24, 2.45) is 0 Å². The average Bonchev–Trinajstić information content (AvgIpc) is 3.28. The molecule has 0 spiro atoms. The molecule has 0 saturated heterocycles. The summed E-state index contributed by atoms with van der Waals surface area (Å²) in [5.41, 5.74) is 2.43. The molecule has 1 N–H and O–H groups in total. The van der Waals surface area contributed by atoms with Crippen LogP contribution in [-0.4, -0.2) is 40.1 Å². The van der Waals surface area contributed by atoms with E-state index in [0.717, 1.165) is 5.69 Å². The van der Waals surface area contributed by atoms with Crippen molar-refractivity contribution in [1.29, 1.82) is 0 Å². The van der Waals surface area contributed by atoms with Gasteiger partial charge in [0.2, 0.25) is 5.78 Å². The fourth-order valence-corrected chi connectivity index (χ4v) is 3.52. The highest BCUT2D eigenvalue weighted by Gasteiger charge is 2.30. The minimum absolute atomic E-state index is 0.301. The second-order valence-electron chi connectivity index (χ2n) is 7.30. The number of carbonyl (C=O) groups is 3. The number of Topliss-reactive ketones (excluding diaryl/α,β-unsaturated/α-hetero) is 1. The number of ketones is 1. The van der Waals surface area contributed by atoms with Gasteiger partial charge in [-0.05, 0) is 39.0 Å². The van der Waals surface area contributed by atoms with Gasteiger partial charge in [0.05, 0.1) is 12.1 Å². The first-order valence-electron chi connectivity index (χ1n) is 9.71. The van der Waals surface area contributed by atoms with Gasteiger partial charge in [-0.25, -0.2) is 0 Å². The second-order valence-corrected chi connectivity index (χ2v) is 7.30. The first-order valence-corrected chi connectivity index (χ1v) is 9.71. The zero-order valence-corrected chi connectivity index (χ0v) is 17.3. The van der Waals surface area contributed by atoms with Crippen molar-refractivity contribution in [1.82, 2.24) is 9.72 Å². The molecule has 1 aliphatic rings. The van der Waals surface area contributed by atoms with Gasteiger partial charge in [-0.2, -0.15) is 0 Å². The molecule has 1 aromatic carbocycles. The Morgan fingerprint density at radius 1 is 1.19 bits per heavy atom. The number of amides is 1. The summed E-state index contributed by atoms with van der Waals surface area (Å²) < 4.78 is 17.6. The van der Waals surface area contributed by atoms with Gasteiger partial charge < -0.3 is 19.3 Å². The number of fused-ring (bicyclic) bond motifs is 1. The molecule has 1 amide bonds. The highest BCUT2D eigenvalue weighted by Crippen LogP contribution is 2.29. The van der Waals surface area contributed by atoms with Crippen LogP contribution in [0.15, 0.2) is 40.9 Å². The molecule has 3 aromatic rings. The summed E-state index contributed by atoms with van der Waals surface area (Å²) in [5, 5.41) is 6.67. The number of para-hydroxylation sites is 2. The third-order valence-corrected chi connectivity index (χ3v) is 5.00. The Morgan fingerprint density at radius 3 is 2.71 bits per heavy atom. The molecular weight excluding hydrogens is 402 g/mol. The van der Waals surface area contributed by atoms with Crippen molar-refractivity contribution < 1.29 is 28.4 Å². The van der Waals surface area contributed by atoms with E-state index in [9.17, 15) is 14.4 Å². The fourth-order valence-electron chi connectivity index (χ4n) is 3.52. The van der Waals surface area contributed by atoms with Crippen molar-refractivity contribution in [2.45, 2.75) is 33.3 Å². The largest absolute Gasteiger partial charge is 0.478 e. The Labute approximate surface area is 177 Å². The number of anilines is 1. The lowest BCUT2D eigenvalue weighted by Gasteiger charge is -2.25. The predicted octanol–water partition coefficient (Wildman–Crippen LogP) is 2.91. The summed E-state index contributed by atoms with van der Waals surface area (Å²) in [7, 11) is 0. The fraction of sp³-hybridized carbons (Fsp3) is 0.273. The molecule has 0 fully saturated rings. The van der Waals surface area contributed by atoms with Gasteiger partial charge in [-0.15, -0.1) is 0 Å². The average molecular weight is 423 g/mol. The predicted molar refractivity (Wildman–Crippen MR) is 109 cm³/mol. The van der Waals surface area contributed by atoms with Crippen LogP contribution in [0.5, 0.6) is 5.75 Å². The number of aryl methyl sites for hydroxylation is 2. The Bertz CT molecular complexity index is 1180. The molecule has 1 unspecified atom stereocenters. The summed E-state index contributed by atoms with van der Waals surface area (Å²) >= 11 is 0. The zero-order chi connectivity index (χ0) is 22.1. The number of nitrogens with zero attached hydrogens (tertiary/aromatic N) is 2. The van der Waals surface area contributed by atoms with Gasteiger partial charge in [0, 0.05) is 23.0 Å². The summed E-state index contributed by atoms with van der Waals surface area (Å²) in [5.74, 6) is 0.214. The first-order chi connectivity index (χ1) is 14.8. The standard InChI is InChI=1S/C22H21N3O6/c1-12-8-15(14(3)25(12)20-9-13(2)31-24-20)17(26)11-29-21(27)10-19-22(28)23-16-6-4-5-7-18(16)30-19/h4-9,19H,10-11H2,1-3H3,(H,23,28). The minimum atomic E-state index is -1.02. The number of rotatable bonds is 6. The Balaban J connectivity index is 1.38. The summed E-state index contributed by atoms with van der Waals surface area (Å²) in [6.45, 7) is 4.97. The van der Waals surface area contributed by atoms with E-state index in [1.165, 1.54) is 0 Å². The van der Waals surface area contributed by atoms with E-state index in [4.69, 9.17) is 14.0 Å². The van der Waals surface area contributed by atoms with Gasteiger partial charge in [-0.3, -0.25) is 19.0 Å². The van der Waals surface area contributed by atoms with E-state index in [-0.39, 0.29) is 12.2 Å². The third-order valence-electron chi connectivity index (χ3n) is 5.00. The molecule has 1 atom stereocenters. The maximum absolute atomic E-state index is 12.6. The Kier molecular flexibility index (Phi) is 5.33. The van der Waals surface area contributed by atoms with Crippen LogP contribution >= 0.6 is 0 Å². The smallest absolute Gasteiger partial charge is 0.310 e. The third kappa shape index (κ3) is 4.07. The molecule has 9 heteroatoms. The van der Waals surface area contributed by atoms with Crippen molar-refractivity contribution in [3.63, 3.8) is 0 Å². The molecule has 9 nitrogen and oxygen atoms in total. The van der Waals surface area contributed by atoms with Gasteiger partial charge in [-0.1, -0.05) is 17.3 Å². The van der Waals surface area contributed by atoms with E-state index in [1.54, 1.807) is 54.8 Å². The van der Waals surface area contributed by atoms with Crippen molar-refractivity contribution in [3.8, 4) is 11.6 Å². The number of carbonyl (C=O) groups excluding carboxylic acids is 3. The van der Waals surface area contributed by atoms with E-state index >= 15 is 0 Å². The SMILES string of the molecule is Cc1cc(-n2c(C)cc(C(=O)COC(=O)CC3Oc4ccccc4NC3=O)c2C)no1. The minimum Gasteiger partial charge on any atom is -0.478 e. The van der Waals surface area contributed by atoms with Crippen LogP contribution < -0.4 is 10.1 Å². The maximum Gasteiger partial charge on any atom is 0.310 e. The lowest BCUT2D eigenvalue weighted by molar-refractivity contribution is -0.146. The van der Waals surface area contributed by atoms with Crippen molar-refractivity contribution in [3.05, 3.63) is 59.1 Å². The summed E-state index contributed by atoms with van der Waals surface area (Å²) in [6, 6.07) is 10.4. The normalized spacial score (nSPS) is 15.1. The van der Waals surface area contributed by atoms with Gasteiger partial charge in [0.15, 0.2) is 18.5 Å². The van der Waals surface area contributed by atoms with Crippen molar-refractivity contribution >= 4 is 23.3 Å². The zero-order valence-electron chi connectivity index (χ0n) is 17.3. The molecule has 0 radical (unpaired) electrons. The molecular formula is C22H21N3O6. The highest BCUT2D eigenvalue weighted by molar-refractivity contribution is 6.01. The summed E-state index contributed by atoms with van der Waals surface area (Å²) in [4.78, 5) is 37.0. The molecule has 4 rings (SSSR count). The first kappa shape index (κ1) is 20.4. The van der Waals surface area contributed by atoms with Crippen LogP contribution in [0, 0.1) is 20.8 Å². The Hall–Kier alpha value is -3.88. The van der Waals surface area contributed by atoms with Crippen molar-refractivity contribution in [2.75, 3.05) is 11.9 Å². The topological polar surface area (TPSA) is 113 Å². The van der Waals surface area contributed by atoms with Crippen LogP contribution in [-0.2, 0) is 14.3 Å². The highest BCUT2D eigenvalue weighted by atomic mass is 16.5. The molecule has 160 valence electrons. The number of hydrogen-bond donors (Lipinski definition) is 1. The van der Waals surface area contributed by atoms with Gasteiger partial charge in [0.25, 0.3) is 5.91 Å². The number of aromatic nitrogens is 2. The molecule has 1 aliphatic heterocycles. The van der Waals surface area contributed by atoms with Crippen LogP contribution in [0.25, 0.3) is 5.82 Å². The van der Waals surface area contributed by atoms with Crippen LogP contribution in [0.1, 0.15) is 33.9 Å².